The van der Waals surface area contributed by atoms with Crippen molar-refractivity contribution >= 4 is 37.8 Å². The lowest BCUT2D eigenvalue weighted by Crippen LogP contribution is -2.02. The summed E-state index contributed by atoms with van der Waals surface area (Å²) < 4.78 is 13.4. The minimum absolute atomic E-state index is 0.259. The molecule has 70 valence electrons. The molecule has 1 aromatic rings. The van der Waals surface area contributed by atoms with E-state index in [1.54, 1.807) is 6.07 Å². The van der Waals surface area contributed by atoms with Crippen molar-refractivity contribution in [2.24, 2.45) is 0 Å². The van der Waals surface area contributed by atoms with Crippen LogP contribution in [0.4, 0.5) is 4.39 Å². The molecule has 0 aliphatic heterocycles. The molecule has 1 N–H and O–H groups in total. The van der Waals surface area contributed by atoms with E-state index in [2.05, 4.69) is 31.9 Å². The second-order valence-electron chi connectivity index (χ2n) is 2.37. The van der Waals surface area contributed by atoms with Crippen LogP contribution in [0.15, 0.2) is 16.6 Å². The Morgan fingerprint density at radius 2 is 2.15 bits per heavy atom. The second kappa shape index (κ2) is 4.19. The molecule has 0 unspecified atom stereocenters. The third kappa shape index (κ3) is 2.28. The summed E-state index contributed by atoms with van der Waals surface area (Å²) in [5.41, 5.74) is 0.360. The van der Waals surface area contributed by atoms with Crippen LogP contribution < -0.4 is 0 Å². The van der Waals surface area contributed by atoms with Gasteiger partial charge in [-0.25, -0.2) is 9.18 Å². The number of hydrogen-bond acceptors (Lipinski definition) is 1. The molecule has 0 radical (unpaired) electrons. The van der Waals surface area contributed by atoms with Gasteiger partial charge in [0.25, 0.3) is 0 Å². The van der Waals surface area contributed by atoms with Crippen LogP contribution in [0.25, 0.3) is 0 Å². The maximum atomic E-state index is 13.1. The van der Waals surface area contributed by atoms with Crippen LogP contribution >= 0.6 is 31.9 Å². The number of benzene rings is 1. The maximum absolute atomic E-state index is 13.1. The normalized spacial score (nSPS) is 10.1. The first-order valence-electron chi connectivity index (χ1n) is 3.33. The first-order chi connectivity index (χ1) is 6.06. The summed E-state index contributed by atoms with van der Waals surface area (Å²) in [6, 6.07) is 2.77. The van der Waals surface area contributed by atoms with Crippen molar-refractivity contribution in [1.82, 2.24) is 0 Å². The number of alkyl halides is 1. The largest absolute Gasteiger partial charge is 0.478 e. The van der Waals surface area contributed by atoms with Gasteiger partial charge >= 0.3 is 5.97 Å². The van der Waals surface area contributed by atoms with Crippen molar-refractivity contribution in [3.8, 4) is 0 Å². The van der Waals surface area contributed by atoms with Crippen LogP contribution in [-0.2, 0) is 5.33 Å². The summed E-state index contributed by atoms with van der Waals surface area (Å²) in [5.74, 6) is -2.00. The molecule has 13 heavy (non-hydrogen) atoms. The van der Waals surface area contributed by atoms with Gasteiger partial charge in [0, 0.05) is 9.80 Å². The number of carboxylic acid groups (broad SMARTS) is 1. The highest BCUT2D eigenvalue weighted by molar-refractivity contribution is 9.10. The Balaban J connectivity index is 3.31. The third-order valence-corrected chi connectivity index (χ3v) is 2.74. The van der Waals surface area contributed by atoms with Gasteiger partial charge in [0.05, 0.1) is 0 Å². The molecule has 1 rings (SSSR count). The molecule has 5 heteroatoms. The minimum atomic E-state index is -1.27. The van der Waals surface area contributed by atoms with Crippen molar-refractivity contribution in [2.75, 3.05) is 0 Å². The van der Waals surface area contributed by atoms with Crippen LogP contribution in [0.3, 0.4) is 0 Å². The molecule has 0 saturated carbocycles. The number of carboxylic acids is 1. The zero-order valence-corrected chi connectivity index (χ0v) is 9.52. The Bertz CT molecular complexity index is 329. The molecule has 0 heterocycles. The average molecular weight is 312 g/mol. The average Bonchev–Trinajstić information content (AvgIpc) is 2.02. The summed E-state index contributed by atoms with van der Waals surface area (Å²) in [6.45, 7) is 0. The topological polar surface area (TPSA) is 37.3 Å². The standard InChI is InChI=1S/C8H5Br2FO2/c9-3-4-1-5(10)7(8(12)13)6(11)2-4/h1-2H,3H2,(H,12,13). The predicted molar refractivity (Wildman–Crippen MR) is 53.7 cm³/mol. The molecule has 2 nitrogen and oxygen atoms in total. The van der Waals surface area contributed by atoms with Gasteiger partial charge in [-0.2, -0.15) is 0 Å². The van der Waals surface area contributed by atoms with Crippen LogP contribution in [0.1, 0.15) is 15.9 Å². The van der Waals surface area contributed by atoms with Gasteiger partial charge in [-0.1, -0.05) is 15.9 Å². The lowest BCUT2D eigenvalue weighted by atomic mass is 10.1. The summed E-state index contributed by atoms with van der Waals surface area (Å²) in [6.07, 6.45) is 0. The predicted octanol–water partition coefficient (Wildman–Crippen LogP) is 3.18. The van der Waals surface area contributed by atoms with Crippen molar-refractivity contribution in [1.29, 1.82) is 0 Å². The molecule has 0 bridgehead atoms. The van der Waals surface area contributed by atoms with E-state index < -0.39 is 11.8 Å². The molecule has 0 amide bonds. The molecule has 0 atom stereocenters. The van der Waals surface area contributed by atoms with Gasteiger partial charge in [-0.15, -0.1) is 0 Å². The Labute approximate surface area is 91.0 Å². The van der Waals surface area contributed by atoms with Crippen molar-refractivity contribution in [2.45, 2.75) is 5.33 Å². The van der Waals surface area contributed by atoms with Crippen LogP contribution in [-0.4, -0.2) is 11.1 Å². The Kier molecular flexibility index (Phi) is 3.44. The fourth-order valence-electron chi connectivity index (χ4n) is 0.907. The first-order valence-corrected chi connectivity index (χ1v) is 5.25. The highest BCUT2D eigenvalue weighted by Gasteiger charge is 2.15. The van der Waals surface area contributed by atoms with Gasteiger partial charge in [0.1, 0.15) is 11.4 Å². The number of halogens is 3. The van der Waals surface area contributed by atoms with Crippen LogP contribution in [0.5, 0.6) is 0 Å². The summed E-state index contributed by atoms with van der Waals surface area (Å²) in [7, 11) is 0. The van der Waals surface area contributed by atoms with Gasteiger partial charge < -0.3 is 5.11 Å². The first kappa shape index (κ1) is 10.7. The number of rotatable bonds is 2. The smallest absolute Gasteiger partial charge is 0.339 e. The Morgan fingerprint density at radius 3 is 2.54 bits per heavy atom. The van der Waals surface area contributed by atoms with Crippen LogP contribution in [0.2, 0.25) is 0 Å². The SMILES string of the molecule is O=C(O)c1c(F)cc(CBr)cc1Br. The third-order valence-electron chi connectivity index (χ3n) is 1.47. The highest BCUT2D eigenvalue weighted by Crippen LogP contribution is 2.23. The summed E-state index contributed by atoms with van der Waals surface area (Å²) in [4.78, 5) is 10.6. The molecule has 0 aromatic heterocycles. The van der Waals surface area contributed by atoms with E-state index >= 15 is 0 Å². The lowest BCUT2D eigenvalue weighted by molar-refractivity contribution is 0.0691. The van der Waals surface area contributed by atoms with E-state index in [0.29, 0.717) is 10.9 Å². The number of carbonyl (C=O) groups is 1. The molecule has 0 aliphatic carbocycles. The zero-order valence-electron chi connectivity index (χ0n) is 6.35. The molecule has 0 spiro atoms. The summed E-state index contributed by atoms with van der Waals surface area (Å²) in [5, 5.41) is 9.12. The molecular formula is C8H5Br2FO2. The van der Waals surface area contributed by atoms with E-state index in [9.17, 15) is 9.18 Å². The second-order valence-corrected chi connectivity index (χ2v) is 3.79. The zero-order chi connectivity index (χ0) is 10.0. The minimum Gasteiger partial charge on any atom is -0.478 e. The maximum Gasteiger partial charge on any atom is 0.339 e. The monoisotopic (exact) mass is 310 g/mol. The van der Waals surface area contributed by atoms with Crippen molar-refractivity contribution in [3.63, 3.8) is 0 Å². The van der Waals surface area contributed by atoms with Gasteiger partial charge in [-0.05, 0) is 33.6 Å². The Hall–Kier alpha value is -0.420. The van der Waals surface area contributed by atoms with Crippen LogP contribution in [0, 0.1) is 5.82 Å². The molecule has 0 fully saturated rings. The van der Waals surface area contributed by atoms with E-state index in [4.69, 9.17) is 5.11 Å². The van der Waals surface area contributed by atoms with Gasteiger partial charge in [0.15, 0.2) is 0 Å². The van der Waals surface area contributed by atoms with Crippen molar-refractivity contribution < 1.29 is 14.3 Å². The number of aromatic carboxylic acids is 1. The molecule has 1 aromatic carbocycles. The van der Waals surface area contributed by atoms with E-state index in [0.717, 1.165) is 0 Å². The van der Waals surface area contributed by atoms with Gasteiger partial charge in [-0.3, -0.25) is 0 Å². The van der Waals surface area contributed by atoms with E-state index in [-0.39, 0.29) is 10.0 Å². The quantitative estimate of drug-likeness (QED) is 0.852. The lowest BCUT2D eigenvalue weighted by Gasteiger charge is -2.03. The van der Waals surface area contributed by atoms with E-state index in [1.165, 1.54) is 6.07 Å². The molecule has 0 aliphatic rings. The highest BCUT2D eigenvalue weighted by atomic mass is 79.9. The fraction of sp³-hybridized carbons (Fsp3) is 0.125. The molecule has 0 saturated heterocycles. The number of hydrogen-bond donors (Lipinski definition) is 1. The molecular weight excluding hydrogens is 307 g/mol. The van der Waals surface area contributed by atoms with Crippen molar-refractivity contribution in [3.05, 3.63) is 33.5 Å². The van der Waals surface area contributed by atoms with Gasteiger partial charge in [0.2, 0.25) is 0 Å². The van der Waals surface area contributed by atoms with E-state index in [1.807, 2.05) is 0 Å². The fourth-order valence-corrected chi connectivity index (χ4v) is 1.88. The summed E-state index contributed by atoms with van der Waals surface area (Å²) >= 11 is 6.15. The Morgan fingerprint density at radius 1 is 1.54 bits per heavy atom.